The van der Waals surface area contributed by atoms with Crippen LogP contribution in [0.5, 0.6) is 23.0 Å². The van der Waals surface area contributed by atoms with Crippen molar-refractivity contribution in [2.24, 2.45) is 0 Å². The van der Waals surface area contributed by atoms with Gasteiger partial charge in [0.05, 0.1) is 37.1 Å². The Morgan fingerprint density at radius 3 is 2.71 bits per heavy atom. The molecule has 0 spiro atoms. The van der Waals surface area contributed by atoms with Gasteiger partial charge in [-0.1, -0.05) is 11.8 Å². The zero-order valence-electron chi connectivity index (χ0n) is 13.2. The summed E-state index contributed by atoms with van der Waals surface area (Å²) >= 11 is 1.56. The lowest BCUT2D eigenvalue weighted by Crippen LogP contribution is -1.95. The van der Waals surface area contributed by atoms with Crippen LogP contribution in [0.4, 0.5) is 0 Å². The molecule has 7 nitrogen and oxygen atoms in total. The van der Waals surface area contributed by atoms with Crippen LogP contribution in [-0.4, -0.2) is 36.0 Å². The van der Waals surface area contributed by atoms with E-state index in [9.17, 15) is 0 Å². The van der Waals surface area contributed by atoms with Crippen molar-refractivity contribution >= 4 is 22.8 Å². The van der Waals surface area contributed by atoms with E-state index in [2.05, 4.69) is 15.0 Å². The Morgan fingerprint density at radius 1 is 1.12 bits per heavy atom. The van der Waals surface area contributed by atoms with E-state index in [0.717, 1.165) is 33.4 Å². The molecule has 1 aliphatic heterocycles. The van der Waals surface area contributed by atoms with Crippen molar-refractivity contribution in [1.82, 2.24) is 15.0 Å². The first-order valence-electron chi connectivity index (χ1n) is 7.26. The van der Waals surface area contributed by atoms with Gasteiger partial charge in [-0.15, -0.1) is 0 Å². The number of aromatic nitrogens is 3. The van der Waals surface area contributed by atoms with E-state index in [1.165, 1.54) is 0 Å². The molecule has 0 fully saturated rings. The number of thioether (sulfide) groups is 1. The van der Waals surface area contributed by atoms with E-state index < -0.39 is 0 Å². The summed E-state index contributed by atoms with van der Waals surface area (Å²) in [6, 6.07) is 5.65. The van der Waals surface area contributed by atoms with Gasteiger partial charge in [-0.25, -0.2) is 4.98 Å². The number of aromatic amines is 1. The lowest BCUT2D eigenvalue weighted by atomic mass is 10.3. The van der Waals surface area contributed by atoms with Gasteiger partial charge in [0.15, 0.2) is 28.2 Å². The van der Waals surface area contributed by atoms with Crippen LogP contribution in [-0.2, 0) is 5.75 Å². The van der Waals surface area contributed by atoms with E-state index in [4.69, 9.17) is 18.9 Å². The Kier molecular flexibility index (Phi) is 3.81. The van der Waals surface area contributed by atoms with Crippen LogP contribution in [0.2, 0.25) is 0 Å². The molecule has 0 radical (unpaired) electrons. The highest BCUT2D eigenvalue weighted by Gasteiger charge is 2.16. The highest BCUT2D eigenvalue weighted by atomic mass is 32.2. The van der Waals surface area contributed by atoms with Crippen molar-refractivity contribution in [3.8, 4) is 23.0 Å². The molecule has 2 aromatic heterocycles. The van der Waals surface area contributed by atoms with Gasteiger partial charge in [0, 0.05) is 24.0 Å². The molecule has 0 aliphatic carbocycles. The minimum absolute atomic E-state index is 0.258. The SMILES string of the molecule is COc1cnc(CSc2nc3cc4c(cc3[nH]2)OCO4)cc1OC. The Labute approximate surface area is 142 Å². The molecule has 0 amide bonds. The number of hydrogen-bond donors (Lipinski definition) is 1. The second-order valence-electron chi connectivity index (χ2n) is 5.08. The maximum absolute atomic E-state index is 5.38. The first-order chi connectivity index (χ1) is 11.8. The first kappa shape index (κ1) is 14.9. The van der Waals surface area contributed by atoms with Gasteiger partial charge in [-0.05, 0) is 0 Å². The largest absolute Gasteiger partial charge is 0.493 e. The fraction of sp³-hybridized carbons (Fsp3) is 0.250. The molecule has 3 aromatic rings. The minimum Gasteiger partial charge on any atom is -0.493 e. The van der Waals surface area contributed by atoms with E-state index >= 15 is 0 Å². The van der Waals surface area contributed by atoms with Crippen LogP contribution in [0.15, 0.2) is 29.6 Å². The highest BCUT2D eigenvalue weighted by Crippen LogP contribution is 2.36. The van der Waals surface area contributed by atoms with E-state index in [1.807, 2.05) is 18.2 Å². The molecule has 4 rings (SSSR count). The zero-order valence-corrected chi connectivity index (χ0v) is 14.0. The monoisotopic (exact) mass is 345 g/mol. The molecule has 0 atom stereocenters. The van der Waals surface area contributed by atoms with Crippen LogP contribution < -0.4 is 18.9 Å². The second kappa shape index (κ2) is 6.12. The molecular weight excluding hydrogens is 330 g/mol. The second-order valence-corrected chi connectivity index (χ2v) is 6.05. The minimum atomic E-state index is 0.258. The van der Waals surface area contributed by atoms with Crippen LogP contribution in [0.3, 0.4) is 0 Å². The number of nitrogens with zero attached hydrogens (tertiary/aromatic N) is 2. The smallest absolute Gasteiger partial charge is 0.231 e. The zero-order chi connectivity index (χ0) is 16.5. The molecule has 1 aliphatic rings. The first-order valence-corrected chi connectivity index (χ1v) is 8.24. The quantitative estimate of drug-likeness (QED) is 0.712. The summed E-state index contributed by atoms with van der Waals surface area (Å²) in [5, 5.41) is 0.810. The van der Waals surface area contributed by atoms with Crippen molar-refractivity contribution in [1.29, 1.82) is 0 Å². The fourth-order valence-corrected chi connectivity index (χ4v) is 3.23. The topological polar surface area (TPSA) is 78.5 Å². The Bertz CT molecular complexity index is 855. The maximum atomic E-state index is 5.38. The van der Waals surface area contributed by atoms with Gasteiger partial charge < -0.3 is 23.9 Å². The molecule has 0 saturated carbocycles. The van der Waals surface area contributed by atoms with Crippen LogP contribution in [0.25, 0.3) is 11.0 Å². The summed E-state index contributed by atoms with van der Waals surface area (Å²) in [6.45, 7) is 0.258. The summed E-state index contributed by atoms with van der Waals surface area (Å²) in [5.74, 6) is 3.41. The molecular formula is C16H15N3O4S. The third-order valence-electron chi connectivity index (χ3n) is 3.64. The van der Waals surface area contributed by atoms with Gasteiger partial charge in [-0.3, -0.25) is 4.98 Å². The third kappa shape index (κ3) is 2.69. The summed E-state index contributed by atoms with van der Waals surface area (Å²) in [5.41, 5.74) is 2.65. The number of fused-ring (bicyclic) bond motifs is 2. The number of rotatable bonds is 5. The van der Waals surface area contributed by atoms with Crippen LogP contribution in [0.1, 0.15) is 5.69 Å². The fourth-order valence-electron chi connectivity index (χ4n) is 2.44. The molecule has 124 valence electrons. The molecule has 1 aromatic carbocycles. The number of hydrogen-bond acceptors (Lipinski definition) is 7. The summed E-state index contributed by atoms with van der Waals surface area (Å²) in [7, 11) is 3.20. The predicted octanol–water partition coefficient (Wildman–Crippen LogP) is 3.00. The summed E-state index contributed by atoms with van der Waals surface area (Å²) in [6.07, 6.45) is 1.66. The normalized spacial score (nSPS) is 12.6. The number of methoxy groups -OCH3 is 2. The number of pyridine rings is 1. The van der Waals surface area contributed by atoms with Crippen molar-refractivity contribution in [2.45, 2.75) is 10.9 Å². The van der Waals surface area contributed by atoms with Crippen molar-refractivity contribution in [3.05, 3.63) is 30.1 Å². The average molecular weight is 345 g/mol. The Hall–Kier alpha value is -2.61. The van der Waals surface area contributed by atoms with E-state index in [-0.39, 0.29) is 6.79 Å². The number of benzene rings is 1. The summed E-state index contributed by atoms with van der Waals surface area (Å²) < 4.78 is 21.2. The van der Waals surface area contributed by atoms with E-state index in [0.29, 0.717) is 17.3 Å². The lowest BCUT2D eigenvalue weighted by Gasteiger charge is -2.08. The number of nitrogens with one attached hydrogen (secondary N) is 1. The van der Waals surface area contributed by atoms with Crippen molar-refractivity contribution in [2.75, 3.05) is 21.0 Å². The summed E-state index contributed by atoms with van der Waals surface area (Å²) in [4.78, 5) is 12.2. The van der Waals surface area contributed by atoms with Crippen LogP contribution in [0, 0.1) is 0 Å². The number of imidazole rings is 1. The molecule has 0 bridgehead atoms. The number of H-pyrrole nitrogens is 1. The Morgan fingerprint density at radius 2 is 1.92 bits per heavy atom. The molecule has 8 heteroatoms. The van der Waals surface area contributed by atoms with Gasteiger partial charge in [0.2, 0.25) is 6.79 Å². The van der Waals surface area contributed by atoms with Gasteiger partial charge in [0.25, 0.3) is 0 Å². The molecule has 3 heterocycles. The van der Waals surface area contributed by atoms with Crippen molar-refractivity contribution < 1.29 is 18.9 Å². The van der Waals surface area contributed by atoms with E-state index in [1.54, 1.807) is 32.2 Å². The molecule has 1 N–H and O–H groups in total. The van der Waals surface area contributed by atoms with Gasteiger partial charge in [-0.2, -0.15) is 0 Å². The van der Waals surface area contributed by atoms with Gasteiger partial charge in [0.1, 0.15) is 0 Å². The van der Waals surface area contributed by atoms with Crippen molar-refractivity contribution in [3.63, 3.8) is 0 Å². The Balaban J connectivity index is 1.52. The highest BCUT2D eigenvalue weighted by molar-refractivity contribution is 7.98. The lowest BCUT2D eigenvalue weighted by molar-refractivity contribution is 0.174. The third-order valence-corrected chi connectivity index (χ3v) is 4.55. The average Bonchev–Trinajstić information content (AvgIpc) is 3.22. The van der Waals surface area contributed by atoms with Gasteiger partial charge >= 0.3 is 0 Å². The predicted molar refractivity (Wildman–Crippen MR) is 89.1 cm³/mol. The maximum Gasteiger partial charge on any atom is 0.231 e. The standard InChI is InChI=1S/C16H15N3O4S/c1-20-12-3-9(17-6-15(12)21-2)7-24-16-18-10-4-13-14(23-8-22-13)5-11(10)19-16/h3-6H,7-8H2,1-2H3,(H,18,19). The van der Waals surface area contributed by atoms with Crippen LogP contribution >= 0.6 is 11.8 Å². The number of ether oxygens (including phenoxy) is 4. The molecule has 0 unspecified atom stereocenters. The molecule has 24 heavy (non-hydrogen) atoms. The molecule has 0 saturated heterocycles.